The van der Waals surface area contributed by atoms with Crippen LogP contribution in [0.5, 0.6) is 0 Å². The summed E-state index contributed by atoms with van der Waals surface area (Å²) in [6.45, 7) is 5.42. The molecule has 0 radical (unpaired) electrons. The topological polar surface area (TPSA) is 66.8 Å². The summed E-state index contributed by atoms with van der Waals surface area (Å²) < 4.78 is 14.7. The smallest absolute Gasteiger partial charge is 0.350 e. The van der Waals surface area contributed by atoms with Gasteiger partial charge in [0, 0.05) is 0 Å². The van der Waals surface area contributed by atoms with Crippen molar-refractivity contribution in [1.29, 1.82) is 0 Å². The van der Waals surface area contributed by atoms with E-state index in [-0.39, 0.29) is 6.61 Å². The van der Waals surface area contributed by atoms with Crippen molar-refractivity contribution in [2.75, 3.05) is 13.0 Å². The number of rotatable bonds is 4. The summed E-state index contributed by atoms with van der Waals surface area (Å²) in [5.41, 5.74) is 0.744. The van der Waals surface area contributed by atoms with Gasteiger partial charge >= 0.3 is 7.60 Å². The average Bonchev–Trinajstić information content (AvgIpc) is 1.59. The highest BCUT2D eigenvalue weighted by molar-refractivity contribution is 7.51. The maximum Gasteiger partial charge on any atom is 0.350 e. The van der Waals surface area contributed by atoms with E-state index in [1.807, 2.05) is 0 Å². The lowest BCUT2D eigenvalue weighted by molar-refractivity contribution is 0.179. The predicted molar refractivity (Wildman–Crippen MR) is 37.7 cm³/mol. The van der Waals surface area contributed by atoms with Gasteiger partial charge in [0.05, 0.1) is 6.61 Å². The van der Waals surface area contributed by atoms with E-state index in [2.05, 4.69) is 11.3 Å². The maximum absolute atomic E-state index is 10.2. The summed E-state index contributed by atoms with van der Waals surface area (Å²) >= 11 is 0. The molecule has 0 rings (SSSR count). The van der Waals surface area contributed by atoms with Gasteiger partial charge in [-0.15, -0.1) is 0 Å². The molecule has 0 aliphatic heterocycles. The molecule has 0 unspecified atom stereocenters. The highest BCUT2D eigenvalue weighted by Crippen LogP contribution is 2.33. The monoisotopic (exact) mass is 166 g/mol. The molecule has 0 aliphatic rings. The van der Waals surface area contributed by atoms with Crippen LogP contribution in [0.1, 0.15) is 6.92 Å². The minimum absolute atomic E-state index is 0.200. The standard InChI is InChI=1S/C5H11O4P/c1-5(2)3-9-4-10(6,7)8/h1,3-4H2,2H3,(H2,6,7,8). The van der Waals surface area contributed by atoms with Crippen molar-refractivity contribution >= 4 is 7.60 Å². The van der Waals surface area contributed by atoms with Crippen LogP contribution in [0, 0.1) is 0 Å². The first-order valence-electron chi connectivity index (χ1n) is 2.68. The fraction of sp³-hybridized carbons (Fsp3) is 0.600. The molecule has 0 saturated heterocycles. The molecule has 0 spiro atoms. The van der Waals surface area contributed by atoms with Crippen molar-refractivity contribution in [3.63, 3.8) is 0 Å². The first-order valence-corrected chi connectivity index (χ1v) is 4.48. The molecule has 0 aliphatic carbocycles. The zero-order valence-corrected chi connectivity index (χ0v) is 6.67. The lowest BCUT2D eigenvalue weighted by Crippen LogP contribution is -1.97. The van der Waals surface area contributed by atoms with Crippen molar-refractivity contribution in [2.24, 2.45) is 0 Å². The van der Waals surface area contributed by atoms with Gasteiger partial charge in [-0.05, 0) is 6.92 Å². The Labute approximate surface area is 59.7 Å². The van der Waals surface area contributed by atoms with E-state index >= 15 is 0 Å². The molecule has 0 heterocycles. The van der Waals surface area contributed by atoms with Gasteiger partial charge < -0.3 is 14.5 Å². The zero-order valence-electron chi connectivity index (χ0n) is 5.78. The molecule has 10 heavy (non-hydrogen) atoms. The molecule has 0 amide bonds. The molecule has 0 saturated carbocycles. The largest absolute Gasteiger partial charge is 0.365 e. The minimum Gasteiger partial charge on any atom is -0.365 e. The third kappa shape index (κ3) is 7.85. The molecular weight excluding hydrogens is 155 g/mol. The summed E-state index contributed by atoms with van der Waals surface area (Å²) in [4.78, 5) is 16.6. The summed E-state index contributed by atoms with van der Waals surface area (Å²) in [6, 6.07) is 0. The molecule has 0 aromatic rings. The highest BCUT2D eigenvalue weighted by atomic mass is 31.2. The summed E-state index contributed by atoms with van der Waals surface area (Å²) in [7, 11) is -3.99. The van der Waals surface area contributed by atoms with E-state index < -0.39 is 13.9 Å². The molecule has 0 atom stereocenters. The van der Waals surface area contributed by atoms with Gasteiger partial charge in [-0.25, -0.2) is 0 Å². The van der Waals surface area contributed by atoms with E-state index in [1.165, 1.54) is 0 Å². The van der Waals surface area contributed by atoms with E-state index in [4.69, 9.17) is 9.79 Å². The predicted octanol–water partition coefficient (Wildman–Crippen LogP) is 0.714. The Balaban J connectivity index is 3.39. The molecular formula is C5H11O4P. The molecule has 2 N–H and O–H groups in total. The molecule has 0 aromatic carbocycles. The third-order valence-corrected chi connectivity index (χ3v) is 1.13. The van der Waals surface area contributed by atoms with E-state index in [9.17, 15) is 4.57 Å². The molecule has 0 fully saturated rings. The lowest BCUT2D eigenvalue weighted by Gasteiger charge is -2.03. The van der Waals surface area contributed by atoms with E-state index in [0.717, 1.165) is 5.57 Å². The van der Waals surface area contributed by atoms with Crippen molar-refractivity contribution in [2.45, 2.75) is 6.92 Å². The second kappa shape index (κ2) is 3.88. The second-order valence-electron chi connectivity index (χ2n) is 2.10. The normalized spacial score (nSPS) is 11.5. The van der Waals surface area contributed by atoms with E-state index in [0.29, 0.717) is 0 Å². The quantitative estimate of drug-likeness (QED) is 0.476. The lowest BCUT2D eigenvalue weighted by atomic mass is 10.4. The van der Waals surface area contributed by atoms with Crippen LogP contribution in [0.25, 0.3) is 0 Å². The number of hydrogen-bond acceptors (Lipinski definition) is 2. The summed E-state index contributed by atoms with van der Waals surface area (Å²) in [5, 5.41) is 0. The fourth-order valence-corrected chi connectivity index (χ4v) is 0.668. The molecule has 0 aromatic heterocycles. The Morgan fingerprint density at radius 1 is 1.70 bits per heavy atom. The Morgan fingerprint density at radius 2 is 2.20 bits per heavy atom. The van der Waals surface area contributed by atoms with Crippen LogP contribution in [0.3, 0.4) is 0 Å². The zero-order chi connectivity index (χ0) is 8.20. The first kappa shape index (κ1) is 9.85. The van der Waals surface area contributed by atoms with Crippen molar-refractivity contribution in [1.82, 2.24) is 0 Å². The van der Waals surface area contributed by atoms with Crippen LogP contribution in [-0.2, 0) is 9.30 Å². The molecule has 4 nitrogen and oxygen atoms in total. The molecule has 60 valence electrons. The average molecular weight is 166 g/mol. The van der Waals surface area contributed by atoms with Gasteiger partial charge in [-0.2, -0.15) is 0 Å². The number of hydrogen-bond donors (Lipinski definition) is 2. The number of ether oxygens (including phenoxy) is 1. The van der Waals surface area contributed by atoms with Gasteiger partial charge in [0.2, 0.25) is 0 Å². The van der Waals surface area contributed by atoms with Gasteiger partial charge in [0.1, 0.15) is 6.35 Å². The van der Waals surface area contributed by atoms with Gasteiger partial charge in [-0.3, -0.25) is 4.57 Å². The second-order valence-corrected chi connectivity index (χ2v) is 3.69. The first-order chi connectivity index (χ1) is 4.42. The van der Waals surface area contributed by atoms with Crippen LogP contribution in [0.2, 0.25) is 0 Å². The fourth-order valence-electron chi connectivity index (χ4n) is 0.339. The van der Waals surface area contributed by atoms with Crippen LogP contribution >= 0.6 is 7.60 Å². The highest BCUT2D eigenvalue weighted by Gasteiger charge is 2.11. The Bertz CT molecular complexity index is 159. The maximum atomic E-state index is 10.2. The third-order valence-electron chi connectivity index (χ3n) is 0.608. The Hall–Kier alpha value is -0.150. The molecule has 5 heteroatoms. The van der Waals surface area contributed by atoms with Gasteiger partial charge in [0.15, 0.2) is 0 Å². The van der Waals surface area contributed by atoms with Gasteiger partial charge in [0.25, 0.3) is 0 Å². The van der Waals surface area contributed by atoms with Crippen molar-refractivity contribution < 1.29 is 19.1 Å². The van der Waals surface area contributed by atoms with Crippen molar-refractivity contribution in [3.8, 4) is 0 Å². The summed E-state index contributed by atoms with van der Waals surface area (Å²) in [6.07, 6.45) is -0.528. The SMILES string of the molecule is C=C(C)COCP(=O)(O)O. The van der Waals surface area contributed by atoms with E-state index in [1.54, 1.807) is 6.92 Å². The summed E-state index contributed by atoms with van der Waals surface area (Å²) in [5.74, 6) is 0. The molecule has 0 bridgehead atoms. The van der Waals surface area contributed by atoms with Crippen LogP contribution in [-0.4, -0.2) is 22.7 Å². The van der Waals surface area contributed by atoms with Crippen LogP contribution in [0.15, 0.2) is 12.2 Å². The minimum atomic E-state index is -3.99. The Morgan fingerprint density at radius 3 is 2.50 bits per heavy atom. The van der Waals surface area contributed by atoms with Gasteiger partial charge in [-0.1, -0.05) is 12.2 Å². The Kier molecular flexibility index (Phi) is 3.83. The van der Waals surface area contributed by atoms with Crippen LogP contribution in [0.4, 0.5) is 0 Å². The van der Waals surface area contributed by atoms with Crippen LogP contribution < -0.4 is 0 Å². The van der Waals surface area contributed by atoms with Crippen molar-refractivity contribution in [3.05, 3.63) is 12.2 Å².